The van der Waals surface area contributed by atoms with Crippen LogP contribution in [0.5, 0.6) is 0 Å². The van der Waals surface area contributed by atoms with Gasteiger partial charge in [-0.3, -0.25) is 0 Å². The molecular weight excluding hydrogens is 348 g/mol. The zero-order valence-corrected chi connectivity index (χ0v) is 15.5. The molecule has 3 heterocycles. The van der Waals surface area contributed by atoms with Gasteiger partial charge in [-0.1, -0.05) is 18.2 Å². The maximum absolute atomic E-state index is 11.9. The van der Waals surface area contributed by atoms with Crippen molar-refractivity contribution in [3.8, 4) is 0 Å². The lowest BCUT2D eigenvalue weighted by Gasteiger charge is -2.17. The lowest BCUT2D eigenvalue weighted by Crippen LogP contribution is -2.32. The van der Waals surface area contributed by atoms with Crippen LogP contribution in [0.1, 0.15) is 18.2 Å². The van der Waals surface area contributed by atoms with Gasteiger partial charge in [0, 0.05) is 24.0 Å². The van der Waals surface area contributed by atoms with Gasteiger partial charge in [0.05, 0.1) is 24.2 Å². The highest BCUT2D eigenvalue weighted by atomic mass is 32.1. The molecule has 0 bridgehead atoms. The van der Waals surface area contributed by atoms with Crippen molar-refractivity contribution in [1.82, 2.24) is 14.5 Å². The van der Waals surface area contributed by atoms with E-state index in [1.807, 2.05) is 25.1 Å². The minimum Gasteiger partial charge on any atom is -0.450 e. The van der Waals surface area contributed by atoms with Gasteiger partial charge < -0.3 is 19.5 Å². The molecule has 1 amide bonds. The number of hydrogen-bond donors (Lipinski definition) is 1. The highest BCUT2D eigenvalue weighted by Crippen LogP contribution is 2.24. The molecule has 2 aromatic heterocycles. The van der Waals surface area contributed by atoms with Crippen molar-refractivity contribution in [2.24, 2.45) is 0 Å². The monoisotopic (exact) mass is 370 g/mol. The van der Waals surface area contributed by atoms with E-state index in [0.29, 0.717) is 19.7 Å². The molecule has 1 fully saturated rings. The van der Waals surface area contributed by atoms with Crippen molar-refractivity contribution in [1.29, 1.82) is 0 Å². The number of likely N-dealkylation sites (tertiary alicyclic amines) is 1. The van der Waals surface area contributed by atoms with Gasteiger partial charge in [-0.05, 0) is 36.9 Å². The van der Waals surface area contributed by atoms with Crippen LogP contribution in [0.2, 0.25) is 0 Å². The van der Waals surface area contributed by atoms with Crippen LogP contribution in [-0.2, 0) is 11.3 Å². The van der Waals surface area contributed by atoms with Gasteiger partial charge in [0.1, 0.15) is 0 Å². The fraction of sp³-hybridized carbons (Fsp3) is 0.368. The van der Waals surface area contributed by atoms with Gasteiger partial charge in [-0.2, -0.15) is 0 Å². The minimum absolute atomic E-state index is 0.179. The molecule has 136 valence electrons. The van der Waals surface area contributed by atoms with Crippen molar-refractivity contribution in [2.75, 3.05) is 25.0 Å². The number of amides is 1. The summed E-state index contributed by atoms with van der Waals surface area (Å²) in [4.78, 5) is 19.7. The number of nitrogens with zero attached hydrogens (tertiary/aromatic N) is 3. The summed E-state index contributed by atoms with van der Waals surface area (Å²) < 4.78 is 7.32. The van der Waals surface area contributed by atoms with Crippen molar-refractivity contribution >= 4 is 34.4 Å². The molecule has 3 aromatic rings. The Morgan fingerprint density at radius 3 is 3.04 bits per heavy atom. The number of imidazole rings is 1. The predicted octanol–water partition coefficient (Wildman–Crippen LogP) is 3.79. The van der Waals surface area contributed by atoms with E-state index >= 15 is 0 Å². The number of thiophene rings is 1. The molecule has 4 rings (SSSR count). The van der Waals surface area contributed by atoms with Gasteiger partial charge >= 0.3 is 6.09 Å². The van der Waals surface area contributed by atoms with Crippen LogP contribution in [0.3, 0.4) is 0 Å². The fourth-order valence-corrected chi connectivity index (χ4v) is 4.04. The average Bonchev–Trinajstić information content (AvgIpc) is 3.37. The number of anilines is 1. The first-order valence-electron chi connectivity index (χ1n) is 8.90. The van der Waals surface area contributed by atoms with E-state index in [-0.39, 0.29) is 12.1 Å². The Bertz CT molecular complexity index is 890. The van der Waals surface area contributed by atoms with Crippen LogP contribution >= 0.6 is 11.3 Å². The maximum atomic E-state index is 11.9. The normalized spacial score (nSPS) is 17.0. The van der Waals surface area contributed by atoms with E-state index < -0.39 is 0 Å². The summed E-state index contributed by atoms with van der Waals surface area (Å²) in [6, 6.07) is 12.6. The Morgan fingerprint density at radius 2 is 2.23 bits per heavy atom. The highest BCUT2D eigenvalue weighted by molar-refractivity contribution is 7.09. The molecule has 7 heteroatoms. The molecule has 0 aliphatic carbocycles. The van der Waals surface area contributed by atoms with Crippen LogP contribution in [-0.4, -0.2) is 46.3 Å². The highest BCUT2D eigenvalue weighted by Gasteiger charge is 2.28. The number of hydrogen-bond acceptors (Lipinski definition) is 5. The Labute approximate surface area is 156 Å². The Balaban J connectivity index is 1.55. The molecule has 1 aliphatic rings. The number of aromatic nitrogens is 2. The summed E-state index contributed by atoms with van der Waals surface area (Å²) in [5, 5.41) is 5.64. The molecular formula is C19H22N4O2S. The molecule has 1 atom stereocenters. The second-order valence-corrected chi connectivity index (χ2v) is 7.40. The van der Waals surface area contributed by atoms with E-state index in [1.54, 1.807) is 16.2 Å². The summed E-state index contributed by atoms with van der Waals surface area (Å²) in [5.74, 6) is 0.857. The van der Waals surface area contributed by atoms with Crippen molar-refractivity contribution < 1.29 is 9.53 Å². The molecule has 1 N–H and O–H groups in total. The topological polar surface area (TPSA) is 59.4 Å². The minimum atomic E-state index is -0.233. The molecule has 0 spiro atoms. The van der Waals surface area contributed by atoms with Crippen LogP contribution in [0.25, 0.3) is 11.0 Å². The maximum Gasteiger partial charge on any atom is 0.409 e. The van der Waals surface area contributed by atoms with Crippen molar-refractivity contribution in [3.63, 3.8) is 0 Å². The number of benzene rings is 1. The van der Waals surface area contributed by atoms with Gasteiger partial charge in [0.2, 0.25) is 5.95 Å². The molecule has 0 radical (unpaired) electrons. The largest absolute Gasteiger partial charge is 0.450 e. The predicted molar refractivity (Wildman–Crippen MR) is 104 cm³/mol. The van der Waals surface area contributed by atoms with Crippen LogP contribution in [0.4, 0.5) is 10.7 Å². The first-order chi connectivity index (χ1) is 12.7. The summed E-state index contributed by atoms with van der Waals surface area (Å²) >= 11 is 1.75. The number of nitrogens with one attached hydrogen (secondary N) is 1. The Kier molecular flexibility index (Phi) is 4.79. The molecule has 26 heavy (non-hydrogen) atoms. The number of para-hydroxylation sites is 2. The van der Waals surface area contributed by atoms with Crippen molar-refractivity contribution in [3.05, 3.63) is 46.7 Å². The van der Waals surface area contributed by atoms with E-state index in [1.165, 1.54) is 4.88 Å². The Hall–Kier alpha value is -2.54. The second kappa shape index (κ2) is 7.37. The summed E-state index contributed by atoms with van der Waals surface area (Å²) in [6.45, 7) is 4.37. The smallest absolute Gasteiger partial charge is 0.409 e. The molecule has 6 nitrogen and oxygen atoms in total. The fourth-order valence-electron chi connectivity index (χ4n) is 3.35. The van der Waals surface area contributed by atoms with E-state index in [4.69, 9.17) is 9.72 Å². The average molecular weight is 370 g/mol. The van der Waals surface area contributed by atoms with E-state index in [0.717, 1.165) is 29.9 Å². The zero-order chi connectivity index (χ0) is 17.9. The number of rotatable bonds is 5. The Morgan fingerprint density at radius 1 is 1.35 bits per heavy atom. The van der Waals surface area contributed by atoms with Gasteiger partial charge in [-0.15, -0.1) is 11.3 Å². The van der Waals surface area contributed by atoms with Crippen molar-refractivity contribution in [2.45, 2.75) is 25.9 Å². The van der Waals surface area contributed by atoms with Crippen LogP contribution in [0, 0.1) is 0 Å². The van der Waals surface area contributed by atoms with Crippen LogP contribution < -0.4 is 5.32 Å². The van der Waals surface area contributed by atoms with Crippen LogP contribution in [0.15, 0.2) is 41.8 Å². The number of carbonyl (C=O) groups is 1. The van der Waals surface area contributed by atoms with Gasteiger partial charge in [0.25, 0.3) is 0 Å². The number of carbonyl (C=O) groups excluding carboxylic acids is 1. The standard InChI is InChI=1S/C19H22N4O2S/c1-2-25-19(24)22-10-9-14(12-22)20-18-21-16-7-3-4-8-17(16)23(18)13-15-6-5-11-26-15/h3-8,11,14H,2,9-10,12-13H2,1H3,(H,20,21). The molecule has 1 aliphatic heterocycles. The van der Waals surface area contributed by atoms with Gasteiger partial charge in [-0.25, -0.2) is 9.78 Å². The summed E-state index contributed by atoms with van der Waals surface area (Å²) in [6.07, 6.45) is 0.657. The third kappa shape index (κ3) is 3.39. The molecule has 0 saturated carbocycles. The van der Waals surface area contributed by atoms with E-state index in [2.05, 4.69) is 33.5 Å². The number of ether oxygens (including phenoxy) is 1. The third-order valence-corrected chi connectivity index (χ3v) is 5.46. The SMILES string of the molecule is CCOC(=O)N1CCC(Nc2nc3ccccc3n2Cc2cccs2)C1. The zero-order valence-electron chi connectivity index (χ0n) is 14.7. The molecule has 1 unspecified atom stereocenters. The third-order valence-electron chi connectivity index (χ3n) is 4.60. The summed E-state index contributed by atoms with van der Waals surface area (Å²) in [7, 11) is 0. The lowest BCUT2D eigenvalue weighted by atomic mass is 10.3. The quantitative estimate of drug-likeness (QED) is 0.742. The first kappa shape index (κ1) is 16.9. The second-order valence-electron chi connectivity index (χ2n) is 6.36. The summed E-state index contributed by atoms with van der Waals surface area (Å²) in [5.41, 5.74) is 2.09. The lowest BCUT2D eigenvalue weighted by molar-refractivity contribution is 0.115. The number of fused-ring (bicyclic) bond motifs is 1. The van der Waals surface area contributed by atoms with E-state index in [9.17, 15) is 4.79 Å². The molecule has 1 saturated heterocycles. The molecule has 1 aromatic carbocycles. The van der Waals surface area contributed by atoms with Gasteiger partial charge in [0.15, 0.2) is 0 Å². The first-order valence-corrected chi connectivity index (χ1v) is 9.78.